The Balaban J connectivity index is 3.90. The summed E-state index contributed by atoms with van der Waals surface area (Å²) in [6.07, 6.45) is -4.36. The van der Waals surface area contributed by atoms with Gasteiger partial charge in [0.05, 0.1) is 0 Å². The Bertz CT molecular complexity index is 168. The lowest BCUT2D eigenvalue weighted by molar-refractivity contribution is -0.157. The zero-order valence-corrected chi connectivity index (χ0v) is 7.25. The van der Waals surface area contributed by atoms with E-state index in [0.717, 1.165) is 0 Å². The topological polar surface area (TPSA) is 33.1 Å². The van der Waals surface area contributed by atoms with Crippen LogP contribution in [0.5, 0.6) is 0 Å². The van der Waals surface area contributed by atoms with Gasteiger partial charge in [0.15, 0.2) is 12.5 Å². The Kier molecular flexibility index (Phi) is 3.12. The molecule has 0 fully saturated rings. The molecule has 5 heteroatoms. The van der Waals surface area contributed by atoms with E-state index in [2.05, 4.69) is 4.74 Å². The fourth-order valence-corrected chi connectivity index (χ4v) is 0.371. The van der Waals surface area contributed by atoms with Crippen LogP contribution < -0.4 is 0 Å². The van der Waals surface area contributed by atoms with Gasteiger partial charge in [-0.3, -0.25) is 5.41 Å². The lowest BCUT2D eigenvalue weighted by Gasteiger charge is -2.20. The van der Waals surface area contributed by atoms with Crippen LogP contribution in [0.2, 0.25) is 0 Å². The zero-order chi connectivity index (χ0) is 9.99. The molecule has 0 aliphatic rings. The standard InChI is InChI=1S/C7H12F3NO/c1-6(2,3)5(11)12-4-7(8,9)10/h11H,4H2,1-3H3. The lowest BCUT2D eigenvalue weighted by atomic mass is 9.97. The second-order valence-electron chi connectivity index (χ2n) is 3.48. The van der Waals surface area contributed by atoms with Gasteiger partial charge in [0, 0.05) is 5.41 Å². The van der Waals surface area contributed by atoms with Gasteiger partial charge < -0.3 is 4.74 Å². The van der Waals surface area contributed by atoms with Gasteiger partial charge in [-0.25, -0.2) is 0 Å². The first-order valence-electron chi connectivity index (χ1n) is 3.41. The van der Waals surface area contributed by atoms with Gasteiger partial charge in [0.25, 0.3) is 0 Å². The van der Waals surface area contributed by atoms with Crippen LogP contribution in [-0.2, 0) is 4.74 Å². The maximum absolute atomic E-state index is 11.6. The molecule has 0 unspecified atom stereocenters. The summed E-state index contributed by atoms with van der Waals surface area (Å²) < 4.78 is 39.0. The average molecular weight is 183 g/mol. The van der Waals surface area contributed by atoms with Crippen molar-refractivity contribution in [1.82, 2.24) is 0 Å². The molecule has 12 heavy (non-hydrogen) atoms. The van der Waals surface area contributed by atoms with Crippen LogP contribution in [0.25, 0.3) is 0 Å². The van der Waals surface area contributed by atoms with Crippen molar-refractivity contribution in [3.05, 3.63) is 0 Å². The molecule has 0 aromatic heterocycles. The molecular formula is C7H12F3NO. The Morgan fingerprint density at radius 3 is 1.92 bits per heavy atom. The second-order valence-corrected chi connectivity index (χ2v) is 3.48. The fourth-order valence-electron chi connectivity index (χ4n) is 0.371. The zero-order valence-electron chi connectivity index (χ0n) is 7.25. The van der Waals surface area contributed by atoms with Crippen molar-refractivity contribution >= 4 is 5.90 Å². The molecule has 0 aliphatic carbocycles. The molecule has 0 bridgehead atoms. The van der Waals surface area contributed by atoms with Crippen LogP contribution in [0.4, 0.5) is 13.2 Å². The summed E-state index contributed by atoms with van der Waals surface area (Å²) in [4.78, 5) is 0. The van der Waals surface area contributed by atoms with Crippen molar-refractivity contribution in [3.8, 4) is 0 Å². The summed E-state index contributed by atoms with van der Waals surface area (Å²) in [7, 11) is 0. The van der Waals surface area contributed by atoms with E-state index in [1.807, 2.05) is 0 Å². The van der Waals surface area contributed by atoms with Crippen molar-refractivity contribution in [2.45, 2.75) is 26.9 Å². The van der Waals surface area contributed by atoms with Gasteiger partial charge >= 0.3 is 6.18 Å². The maximum Gasteiger partial charge on any atom is 0.422 e. The molecule has 1 N–H and O–H groups in total. The van der Waals surface area contributed by atoms with E-state index in [1.54, 1.807) is 20.8 Å². The van der Waals surface area contributed by atoms with Crippen molar-refractivity contribution in [3.63, 3.8) is 0 Å². The molecule has 0 aromatic carbocycles. The summed E-state index contributed by atoms with van der Waals surface area (Å²) >= 11 is 0. The van der Waals surface area contributed by atoms with E-state index in [9.17, 15) is 13.2 Å². The van der Waals surface area contributed by atoms with Gasteiger partial charge in [-0.1, -0.05) is 20.8 Å². The first-order valence-corrected chi connectivity index (χ1v) is 3.41. The summed E-state index contributed by atoms with van der Waals surface area (Å²) in [5.74, 6) is -0.347. The molecule has 72 valence electrons. The number of hydrogen-bond donors (Lipinski definition) is 1. The number of alkyl halides is 3. The quantitative estimate of drug-likeness (QED) is 0.492. The van der Waals surface area contributed by atoms with Crippen LogP contribution in [0, 0.1) is 10.8 Å². The molecule has 0 atom stereocenters. The Morgan fingerprint density at radius 1 is 1.25 bits per heavy atom. The summed E-state index contributed by atoms with van der Waals surface area (Å²) in [6.45, 7) is 3.46. The highest BCUT2D eigenvalue weighted by Crippen LogP contribution is 2.19. The minimum absolute atomic E-state index is 0.347. The normalized spacial score (nSPS) is 12.8. The molecular weight excluding hydrogens is 171 g/mol. The fraction of sp³-hybridized carbons (Fsp3) is 0.857. The van der Waals surface area contributed by atoms with Gasteiger partial charge in [0.2, 0.25) is 0 Å². The third kappa shape index (κ3) is 4.98. The summed E-state index contributed by atoms with van der Waals surface area (Å²) in [6, 6.07) is 0. The molecule has 0 aliphatic heterocycles. The third-order valence-electron chi connectivity index (χ3n) is 1.06. The number of halogens is 3. The third-order valence-corrected chi connectivity index (χ3v) is 1.06. The highest BCUT2D eigenvalue weighted by Gasteiger charge is 2.31. The van der Waals surface area contributed by atoms with Gasteiger partial charge in [-0.2, -0.15) is 13.2 Å². The molecule has 2 nitrogen and oxygen atoms in total. The van der Waals surface area contributed by atoms with Crippen molar-refractivity contribution in [2.24, 2.45) is 5.41 Å². The van der Waals surface area contributed by atoms with Gasteiger partial charge in [0.1, 0.15) is 0 Å². The van der Waals surface area contributed by atoms with Crippen LogP contribution in [0.1, 0.15) is 20.8 Å². The highest BCUT2D eigenvalue weighted by atomic mass is 19.4. The minimum Gasteiger partial charge on any atom is -0.471 e. The van der Waals surface area contributed by atoms with Gasteiger partial charge in [-0.05, 0) is 0 Å². The minimum atomic E-state index is -4.36. The second kappa shape index (κ2) is 3.33. The predicted molar refractivity (Wildman–Crippen MR) is 39.2 cm³/mol. The Labute approximate surface area is 69.2 Å². The molecule has 0 rings (SSSR count). The highest BCUT2D eigenvalue weighted by molar-refractivity contribution is 5.78. The molecule has 0 spiro atoms. The lowest BCUT2D eigenvalue weighted by Crippen LogP contribution is -2.27. The van der Waals surface area contributed by atoms with E-state index >= 15 is 0 Å². The van der Waals surface area contributed by atoms with Gasteiger partial charge in [-0.15, -0.1) is 0 Å². The maximum atomic E-state index is 11.6. The van der Waals surface area contributed by atoms with E-state index in [1.165, 1.54) is 0 Å². The molecule has 0 saturated heterocycles. The Morgan fingerprint density at radius 2 is 1.67 bits per heavy atom. The van der Waals surface area contributed by atoms with Crippen LogP contribution in [0.3, 0.4) is 0 Å². The number of rotatable bonds is 1. The van der Waals surface area contributed by atoms with Crippen molar-refractivity contribution in [2.75, 3.05) is 6.61 Å². The largest absolute Gasteiger partial charge is 0.471 e. The SMILES string of the molecule is CC(C)(C)C(=N)OCC(F)(F)F. The number of hydrogen-bond acceptors (Lipinski definition) is 2. The molecule has 0 aromatic rings. The molecule has 0 heterocycles. The van der Waals surface area contributed by atoms with Crippen LogP contribution in [-0.4, -0.2) is 18.7 Å². The van der Waals surface area contributed by atoms with Crippen molar-refractivity contribution in [1.29, 1.82) is 5.41 Å². The van der Waals surface area contributed by atoms with Crippen molar-refractivity contribution < 1.29 is 17.9 Å². The molecule has 0 radical (unpaired) electrons. The first kappa shape index (κ1) is 11.3. The number of ether oxygens (including phenoxy) is 1. The average Bonchev–Trinajstić information content (AvgIpc) is 1.78. The van der Waals surface area contributed by atoms with Crippen LogP contribution >= 0.6 is 0 Å². The van der Waals surface area contributed by atoms with E-state index in [4.69, 9.17) is 5.41 Å². The van der Waals surface area contributed by atoms with E-state index in [0.29, 0.717) is 0 Å². The molecule has 0 amide bonds. The smallest absolute Gasteiger partial charge is 0.422 e. The summed E-state index contributed by atoms with van der Waals surface area (Å²) in [5.41, 5.74) is -0.661. The first-order chi connectivity index (χ1) is 5.13. The number of nitrogens with one attached hydrogen (secondary N) is 1. The van der Waals surface area contributed by atoms with E-state index in [-0.39, 0.29) is 5.90 Å². The van der Waals surface area contributed by atoms with E-state index < -0.39 is 18.2 Å². The monoisotopic (exact) mass is 183 g/mol. The van der Waals surface area contributed by atoms with Crippen LogP contribution in [0.15, 0.2) is 0 Å². The Hall–Kier alpha value is -0.740. The summed E-state index contributed by atoms with van der Waals surface area (Å²) in [5, 5.41) is 7.10. The predicted octanol–water partition coefficient (Wildman–Crippen LogP) is 2.59. The molecule has 0 saturated carbocycles.